The highest BCUT2D eigenvalue weighted by Gasteiger charge is 2.21. The molecule has 0 aliphatic carbocycles. The second kappa shape index (κ2) is 9.58. The Kier molecular flexibility index (Phi) is 6.20. The van der Waals surface area contributed by atoms with E-state index in [1.165, 1.54) is 27.6 Å². The molecule has 0 amide bonds. The Morgan fingerprint density at radius 2 is 1.35 bits per heavy atom. The minimum Gasteiger partial charge on any atom is -0.389 e. The van der Waals surface area contributed by atoms with E-state index in [-0.39, 0.29) is 0 Å². The first-order valence-corrected chi connectivity index (χ1v) is 11.8. The van der Waals surface area contributed by atoms with Crippen molar-refractivity contribution in [2.75, 3.05) is 11.9 Å². The van der Waals surface area contributed by atoms with E-state index in [0.717, 1.165) is 22.5 Å². The van der Waals surface area contributed by atoms with Crippen LogP contribution in [0.1, 0.15) is 11.1 Å². The third kappa shape index (κ3) is 4.48. The van der Waals surface area contributed by atoms with Crippen LogP contribution in [0.25, 0.3) is 33.3 Å². The van der Waals surface area contributed by atoms with Gasteiger partial charge in [0.15, 0.2) is 0 Å². The molecule has 1 atom stereocenters. The summed E-state index contributed by atoms with van der Waals surface area (Å²) in [6, 6.07) is 35.9. The summed E-state index contributed by atoms with van der Waals surface area (Å²) >= 11 is 0. The van der Waals surface area contributed by atoms with Gasteiger partial charge >= 0.3 is 0 Å². The lowest BCUT2D eigenvalue weighted by atomic mass is 9.98. The van der Waals surface area contributed by atoms with Crippen LogP contribution in [0.3, 0.4) is 0 Å². The summed E-state index contributed by atoms with van der Waals surface area (Å²) in [5, 5.41) is 15.7. The average Bonchev–Trinajstić information content (AvgIpc) is 3.17. The SMILES string of the molecule is Cc1ccc(NC[C@@H](O)Cn2c(-c3ccccc3)c(-c3ccccc3)c3cc(C)ccc32)cc1. The molecule has 34 heavy (non-hydrogen) atoms. The van der Waals surface area contributed by atoms with Gasteiger partial charge in [0.05, 0.1) is 18.3 Å². The van der Waals surface area contributed by atoms with Crippen LogP contribution in [0.5, 0.6) is 0 Å². The van der Waals surface area contributed by atoms with E-state index >= 15 is 0 Å². The summed E-state index contributed by atoms with van der Waals surface area (Å²) in [4.78, 5) is 0. The third-order valence-electron chi connectivity index (χ3n) is 6.32. The lowest BCUT2D eigenvalue weighted by Gasteiger charge is -2.18. The number of hydrogen-bond acceptors (Lipinski definition) is 2. The van der Waals surface area contributed by atoms with Crippen molar-refractivity contribution < 1.29 is 5.11 Å². The van der Waals surface area contributed by atoms with Crippen LogP contribution >= 0.6 is 0 Å². The maximum absolute atomic E-state index is 11.1. The lowest BCUT2D eigenvalue weighted by molar-refractivity contribution is 0.169. The topological polar surface area (TPSA) is 37.2 Å². The summed E-state index contributed by atoms with van der Waals surface area (Å²) in [7, 11) is 0. The summed E-state index contributed by atoms with van der Waals surface area (Å²) in [5.41, 5.74) is 9.29. The van der Waals surface area contributed by atoms with Gasteiger partial charge in [-0.15, -0.1) is 0 Å². The van der Waals surface area contributed by atoms with E-state index in [1.54, 1.807) is 0 Å². The monoisotopic (exact) mass is 446 g/mol. The van der Waals surface area contributed by atoms with Gasteiger partial charge in [-0.1, -0.05) is 90.0 Å². The van der Waals surface area contributed by atoms with Crippen LogP contribution < -0.4 is 5.32 Å². The van der Waals surface area contributed by atoms with E-state index in [1.807, 2.05) is 6.07 Å². The van der Waals surface area contributed by atoms with E-state index in [4.69, 9.17) is 0 Å². The van der Waals surface area contributed by atoms with Gasteiger partial charge in [-0.05, 0) is 49.2 Å². The van der Waals surface area contributed by atoms with Gasteiger partial charge in [0, 0.05) is 28.7 Å². The van der Waals surface area contributed by atoms with Crippen molar-refractivity contribution in [2.24, 2.45) is 0 Å². The molecule has 1 heterocycles. The lowest BCUT2D eigenvalue weighted by Crippen LogP contribution is -2.25. The Bertz CT molecular complexity index is 1390. The fourth-order valence-corrected chi connectivity index (χ4v) is 4.63. The van der Waals surface area contributed by atoms with Crippen LogP contribution in [0.2, 0.25) is 0 Å². The Morgan fingerprint density at radius 3 is 2.03 bits per heavy atom. The van der Waals surface area contributed by atoms with Crippen LogP contribution in [-0.4, -0.2) is 22.3 Å². The van der Waals surface area contributed by atoms with Crippen molar-refractivity contribution >= 4 is 16.6 Å². The van der Waals surface area contributed by atoms with Crippen LogP contribution in [0.4, 0.5) is 5.69 Å². The zero-order chi connectivity index (χ0) is 23.5. The number of rotatable bonds is 7. The Balaban J connectivity index is 1.60. The molecule has 5 aromatic rings. The molecule has 0 fully saturated rings. The van der Waals surface area contributed by atoms with Crippen molar-refractivity contribution in [3.8, 4) is 22.4 Å². The van der Waals surface area contributed by atoms with Gasteiger partial charge in [-0.2, -0.15) is 0 Å². The molecule has 0 spiro atoms. The van der Waals surface area contributed by atoms with Crippen LogP contribution in [-0.2, 0) is 6.54 Å². The smallest absolute Gasteiger partial charge is 0.0891 e. The molecule has 4 aromatic carbocycles. The molecule has 0 aliphatic heterocycles. The van der Waals surface area contributed by atoms with E-state index in [2.05, 4.69) is 121 Å². The van der Waals surface area contributed by atoms with Gasteiger partial charge in [0.25, 0.3) is 0 Å². The number of benzene rings is 4. The first-order valence-electron chi connectivity index (χ1n) is 11.8. The molecule has 3 heteroatoms. The number of fused-ring (bicyclic) bond motifs is 1. The fraction of sp³-hybridized carbons (Fsp3) is 0.161. The van der Waals surface area contributed by atoms with Gasteiger partial charge < -0.3 is 15.0 Å². The molecule has 3 nitrogen and oxygen atoms in total. The number of aromatic nitrogens is 1. The second-order valence-electron chi connectivity index (χ2n) is 8.99. The second-order valence-corrected chi connectivity index (χ2v) is 8.99. The first kappa shape index (κ1) is 22.0. The normalized spacial score (nSPS) is 12.1. The number of nitrogens with one attached hydrogen (secondary N) is 1. The molecular formula is C31H30N2O. The summed E-state index contributed by atoms with van der Waals surface area (Å²) in [5.74, 6) is 0. The maximum Gasteiger partial charge on any atom is 0.0891 e. The van der Waals surface area contributed by atoms with E-state index in [9.17, 15) is 5.11 Å². The number of anilines is 1. The molecule has 2 N–H and O–H groups in total. The molecule has 0 saturated heterocycles. The number of hydrogen-bond donors (Lipinski definition) is 2. The zero-order valence-corrected chi connectivity index (χ0v) is 19.7. The summed E-state index contributed by atoms with van der Waals surface area (Å²) in [6.45, 7) is 5.18. The van der Waals surface area contributed by atoms with Crippen molar-refractivity contribution in [1.82, 2.24) is 4.57 Å². The molecule has 0 aliphatic rings. The predicted molar refractivity (Wildman–Crippen MR) is 143 cm³/mol. The van der Waals surface area contributed by atoms with Crippen molar-refractivity contribution in [3.05, 3.63) is 114 Å². The highest BCUT2D eigenvalue weighted by Crippen LogP contribution is 2.41. The third-order valence-corrected chi connectivity index (χ3v) is 6.32. The minimum atomic E-state index is -0.552. The Morgan fingerprint density at radius 1 is 0.735 bits per heavy atom. The van der Waals surface area contributed by atoms with Gasteiger partial charge in [0.2, 0.25) is 0 Å². The number of aryl methyl sites for hydroxylation is 2. The van der Waals surface area contributed by atoms with Crippen LogP contribution in [0.15, 0.2) is 103 Å². The number of aliphatic hydroxyl groups is 1. The molecule has 5 rings (SSSR count). The molecule has 0 unspecified atom stereocenters. The molecule has 0 saturated carbocycles. The Labute approximate surface area is 201 Å². The van der Waals surface area contributed by atoms with Crippen molar-refractivity contribution in [1.29, 1.82) is 0 Å². The van der Waals surface area contributed by atoms with Crippen LogP contribution in [0, 0.1) is 13.8 Å². The number of nitrogens with zero attached hydrogens (tertiary/aromatic N) is 1. The standard InChI is InChI=1S/C31H30N2O/c1-22-13-16-26(17-14-22)32-20-27(34)21-33-29-18-15-23(2)19-28(29)30(24-9-5-3-6-10-24)31(33)25-11-7-4-8-12-25/h3-19,27,32,34H,20-21H2,1-2H3/t27-/m1/s1. The van der Waals surface area contributed by atoms with Gasteiger partial charge in [0.1, 0.15) is 0 Å². The first-order chi connectivity index (χ1) is 16.6. The maximum atomic E-state index is 11.1. The van der Waals surface area contributed by atoms with Gasteiger partial charge in [-0.25, -0.2) is 0 Å². The fourth-order valence-electron chi connectivity index (χ4n) is 4.63. The highest BCUT2D eigenvalue weighted by molar-refractivity contribution is 6.04. The van der Waals surface area contributed by atoms with E-state index < -0.39 is 6.10 Å². The average molecular weight is 447 g/mol. The van der Waals surface area contributed by atoms with Crippen molar-refractivity contribution in [3.63, 3.8) is 0 Å². The van der Waals surface area contributed by atoms with Crippen molar-refractivity contribution in [2.45, 2.75) is 26.5 Å². The largest absolute Gasteiger partial charge is 0.389 e. The zero-order valence-electron chi connectivity index (χ0n) is 19.7. The molecule has 0 bridgehead atoms. The van der Waals surface area contributed by atoms with Gasteiger partial charge in [-0.3, -0.25) is 0 Å². The summed E-state index contributed by atoms with van der Waals surface area (Å²) in [6.07, 6.45) is -0.552. The Hall–Kier alpha value is -3.82. The van der Waals surface area contributed by atoms with E-state index in [0.29, 0.717) is 13.1 Å². The quantitative estimate of drug-likeness (QED) is 0.281. The molecular weight excluding hydrogens is 416 g/mol. The highest BCUT2D eigenvalue weighted by atomic mass is 16.3. The number of aliphatic hydroxyl groups excluding tert-OH is 1. The molecule has 1 aromatic heterocycles. The molecule has 170 valence electrons. The predicted octanol–water partition coefficient (Wildman–Crippen LogP) is 7.07. The minimum absolute atomic E-state index is 0.476. The summed E-state index contributed by atoms with van der Waals surface area (Å²) < 4.78 is 2.29. The molecule has 0 radical (unpaired) electrons.